The fourth-order valence-corrected chi connectivity index (χ4v) is 4.37. The summed E-state index contributed by atoms with van der Waals surface area (Å²) in [7, 11) is 3.24. The van der Waals surface area contributed by atoms with E-state index in [-0.39, 0.29) is 5.91 Å². The summed E-state index contributed by atoms with van der Waals surface area (Å²) in [5, 5.41) is 10.3. The molecule has 152 valence electrons. The molecular weight excluding hydrogens is 390 g/mol. The number of aromatic nitrogens is 2. The molecule has 2 aromatic heterocycles. The lowest BCUT2D eigenvalue weighted by Gasteiger charge is -2.26. The van der Waals surface area contributed by atoms with Crippen LogP contribution in [0.2, 0.25) is 0 Å². The molecular formula is C21H23N3O4S. The fourth-order valence-electron chi connectivity index (χ4n) is 3.48. The predicted molar refractivity (Wildman–Crippen MR) is 108 cm³/mol. The van der Waals surface area contributed by atoms with E-state index in [0.717, 1.165) is 30.0 Å². The standard InChI is InChI=1S/C21H23N3O4S/c1-26-16-3-4-17(27-2)15(11-16)12-20-23-22-19(28-20)5-6-21(25)24-9-7-18-14(13-24)8-10-29-18/h3-4,8,10-11H,5-7,9,12-13H2,1-2H3. The molecule has 0 saturated heterocycles. The van der Waals surface area contributed by atoms with Crippen LogP contribution >= 0.6 is 11.3 Å². The largest absolute Gasteiger partial charge is 0.497 e. The number of hydrogen-bond acceptors (Lipinski definition) is 7. The molecule has 0 fully saturated rings. The highest BCUT2D eigenvalue weighted by molar-refractivity contribution is 7.10. The molecule has 0 radical (unpaired) electrons. The van der Waals surface area contributed by atoms with E-state index < -0.39 is 0 Å². The molecule has 8 heteroatoms. The van der Waals surface area contributed by atoms with Crippen LogP contribution in [0, 0.1) is 0 Å². The van der Waals surface area contributed by atoms with Crippen molar-refractivity contribution in [2.45, 2.75) is 32.2 Å². The lowest BCUT2D eigenvalue weighted by molar-refractivity contribution is -0.132. The summed E-state index contributed by atoms with van der Waals surface area (Å²) in [5.41, 5.74) is 2.17. The molecule has 1 amide bonds. The van der Waals surface area contributed by atoms with Gasteiger partial charge in [-0.15, -0.1) is 21.5 Å². The zero-order chi connectivity index (χ0) is 20.2. The average molecular weight is 413 g/mol. The number of thiophene rings is 1. The summed E-state index contributed by atoms with van der Waals surface area (Å²) in [6, 6.07) is 7.69. The SMILES string of the molecule is COc1ccc(OC)c(Cc2nnc(CCC(=O)N3CCc4sccc4C3)o2)c1. The highest BCUT2D eigenvalue weighted by Gasteiger charge is 2.22. The number of benzene rings is 1. The zero-order valence-electron chi connectivity index (χ0n) is 16.5. The Hall–Kier alpha value is -2.87. The number of methoxy groups -OCH3 is 2. The molecule has 0 spiro atoms. The van der Waals surface area contributed by atoms with E-state index in [0.29, 0.717) is 37.6 Å². The van der Waals surface area contributed by atoms with Gasteiger partial charge in [0.2, 0.25) is 17.7 Å². The van der Waals surface area contributed by atoms with Crippen LogP contribution in [0.5, 0.6) is 11.5 Å². The van der Waals surface area contributed by atoms with Crippen molar-refractivity contribution >= 4 is 17.2 Å². The zero-order valence-corrected chi connectivity index (χ0v) is 17.3. The minimum atomic E-state index is 0.121. The Balaban J connectivity index is 1.35. The second-order valence-corrected chi connectivity index (χ2v) is 7.88. The third-order valence-electron chi connectivity index (χ3n) is 5.05. The molecule has 29 heavy (non-hydrogen) atoms. The first-order valence-electron chi connectivity index (χ1n) is 9.51. The first-order chi connectivity index (χ1) is 14.2. The van der Waals surface area contributed by atoms with Crippen LogP contribution in [0.3, 0.4) is 0 Å². The van der Waals surface area contributed by atoms with Crippen molar-refractivity contribution in [1.29, 1.82) is 0 Å². The molecule has 1 aliphatic rings. The third kappa shape index (κ3) is 4.42. The molecule has 1 aromatic carbocycles. The van der Waals surface area contributed by atoms with E-state index in [1.165, 1.54) is 10.4 Å². The second-order valence-electron chi connectivity index (χ2n) is 6.88. The Labute approximate surface area is 173 Å². The molecule has 0 N–H and O–H groups in total. The Morgan fingerprint density at radius 1 is 1.21 bits per heavy atom. The maximum atomic E-state index is 12.6. The highest BCUT2D eigenvalue weighted by Crippen LogP contribution is 2.27. The number of amides is 1. The molecule has 0 saturated carbocycles. The quantitative estimate of drug-likeness (QED) is 0.592. The minimum Gasteiger partial charge on any atom is -0.497 e. The van der Waals surface area contributed by atoms with E-state index in [9.17, 15) is 4.79 Å². The number of carbonyl (C=O) groups excluding carboxylic acids is 1. The third-order valence-corrected chi connectivity index (χ3v) is 6.07. The summed E-state index contributed by atoms with van der Waals surface area (Å²) in [4.78, 5) is 15.9. The van der Waals surface area contributed by atoms with Gasteiger partial charge in [-0.1, -0.05) is 0 Å². The van der Waals surface area contributed by atoms with Crippen molar-refractivity contribution in [3.8, 4) is 11.5 Å². The van der Waals surface area contributed by atoms with Crippen LogP contribution in [0.15, 0.2) is 34.1 Å². The van der Waals surface area contributed by atoms with E-state index >= 15 is 0 Å². The van der Waals surface area contributed by atoms with Crippen LogP contribution in [0.4, 0.5) is 0 Å². The molecule has 0 bridgehead atoms. The van der Waals surface area contributed by atoms with Crippen molar-refractivity contribution in [3.05, 3.63) is 57.4 Å². The Morgan fingerprint density at radius 3 is 2.90 bits per heavy atom. The van der Waals surface area contributed by atoms with E-state index in [1.807, 2.05) is 23.1 Å². The van der Waals surface area contributed by atoms with Gasteiger partial charge in [0.05, 0.1) is 20.6 Å². The maximum Gasteiger partial charge on any atom is 0.223 e. The summed E-state index contributed by atoms with van der Waals surface area (Å²) in [6.07, 6.45) is 2.18. The first-order valence-corrected chi connectivity index (χ1v) is 10.4. The lowest BCUT2D eigenvalue weighted by atomic mass is 10.1. The summed E-state index contributed by atoms with van der Waals surface area (Å²) in [6.45, 7) is 1.47. The lowest BCUT2D eigenvalue weighted by Crippen LogP contribution is -2.35. The van der Waals surface area contributed by atoms with Crippen LogP contribution in [0.1, 0.15) is 34.2 Å². The molecule has 4 rings (SSSR count). The average Bonchev–Trinajstić information content (AvgIpc) is 3.40. The second kappa shape index (κ2) is 8.65. The monoisotopic (exact) mass is 413 g/mol. The molecule has 1 aliphatic heterocycles. The normalized spacial score (nSPS) is 13.2. The smallest absolute Gasteiger partial charge is 0.223 e. The molecule has 0 aliphatic carbocycles. The van der Waals surface area contributed by atoms with Gasteiger partial charge in [-0.25, -0.2) is 0 Å². The number of carbonyl (C=O) groups is 1. The fraction of sp³-hybridized carbons (Fsp3) is 0.381. The highest BCUT2D eigenvalue weighted by atomic mass is 32.1. The molecule has 7 nitrogen and oxygen atoms in total. The van der Waals surface area contributed by atoms with Crippen molar-refractivity contribution in [3.63, 3.8) is 0 Å². The van der Waals surface area contributed by atoms with Crippen molar-refractivity contribution in [1.82, 2.24) is 15.1 Å². The number of nitrogens with zero attached hydrogens (tertiary/aromatic N) is 3. The van der Waals surface area contributed by atoms with Gasteiger partial charge in [0.15, 0.2) is 0 Å². The Bertz CT molecular complexity index is 997. The topological polar surface area (TPSA) is 77.7 Å². The number of rotatable bonds is 7. The summed E-state index contributed by atoms with van der Waals surface area (Å²) in [5.74, 6) is 2.56. The number of hydrogen-bond donors (Lipinski definition) is 0. The van der Waals surface area contributed by atoms with Gasteiger partial charge in [-0.05, 0) is 41.6 Å². The van der Waals surface area contributed by atoms with Crippen molar-refractivity contribution < 1.29 is 18.7 Å². The van der Waals surface area contributed by atoms with E-state index in [1.54, 1.807) is 25.6 Å². The van der Waals surface area contributed by atoms with Crippen molar-refractivity contribution in [2.75, 3.05) is 20.8 Å². The summed E-state index contributed by atoms with van der Waals surface area (Å²) < 4.78 is 16.4. The van der Waals surface area contributed by atoms with Gasteiger partial charge < -0.3 is 18.8 Å². The molecule has 3 heterocycles. The van der Waals surface area contributed by atoms with Gasteiger partial charge in [0.25, 0.3) is 0 Å². The first kappa shape index (κ1) is 19.4. The number of ether oxygens (including phenoxy) is 2. The number of fused-ring (bicyclic) bond motifs is 1. The van der Waals surface area contributed by atoms with Crippen LogP contribution < -0.4 is 9.47 Å². The maximum absolute atomic E-state index is 12.6. The van der Waals surface area contributed by atoms with Gasteiger partial charge >= 0.3 is 0 Å². The predicted octanol–water partition coefficient (Wildman–Crippen LogP) is 3.26. The van der Waals surface area contributed by atoms with Crippen molar-refractivity contribution in [2.24, 2.45) is 0 Å². The summed E-state index contributed by atoms with van der Waals surface area (Å²) >= 11 is 1.77. The van der Waals surface area contributed by atoms with Gasteiger partial charge in [-0.3, -0.25) is 4.79 Å². The van der Waals surface area contributed by atoms with Crippen LogP contribution in [-0.4, -0.2) is 41.8 Å². The Morgan fingerprint density at radius 2 is 2.07 bits per heavy atom. The van der Waals surface area contributed by atoms with E-state index in [2.05, 4.69) is 21.6 Å². The van der Waals surface area contributed by atoms with Gasteiger partial charge in [0, 0.05) is 36.4 Å². The van der Waals surface area contributed by atoms with Gasteiger partial charge in [0.1, 0.15) is 11.5 Å². The van der Waals surface area contributed by atoms with Crippen LogP contribution in [-0.2, 0) is 30.6 Å². The molecule has 0 atom stereocenters. The minimum absolute atomic E-state index is 0.121. The van der Waals surface area contributed by atoms with Gasteiger partial charge in [-0.2, -0.15) is 0 Å². The Kier molecular flexibility index (Phi) is 5.80. The molecule has 3 aromatic rings. The number of aryl methyl sites for hydroxylation is 1. The van der Waals surface area contributed by atoms with E-state index in [4.69, 9.17) is 13.9 Å². The molecule has 0 unspecified atom stereocenters. The van der Waals surface area contributed by atoms with Crippen LogP contribution in [0.25, 0.3) is 0 Å².